The number of aromatic nitrogens is 4. The molecule has 21 heavy (non-hydrogen) atoms. The van der Waals surface area contributed by atoms with Crippen LogP contribution in [0.25, 0.3) is 11.2 Å². The zero-order valence-electron chi connectivity index (χ0n) is 11.3. The molecule has 0 unspecified atom stereocenters. The summed E-state index contributed by atoms with van der Waals surface area (Å²) in [7, 11) is 1.45. The van der Waals surface area contributed by atoms with Crippen LogP contribution in [0.5, 0.6) is 0 Å². The molecule has 10 nitrogen and oxygen atoms in total. The van der Waals surface area contributed by atoms with E-state index in [4.69, 9.17) is 20.4 Å². The highest BCUT2D eigenvalue weighted by Crippen LogP contribution is 2.31. The molecule has 0 amide bonds. The molecular formula is C11H16N6O4. The zero-order chi connectivity index (χ0) is 15.0. The number of nitrogens with zero attached hydrogens (tertiary/aromatic N) is 4. The number of hydrogen-bond donors (Lipinski definition) is 4. The second kappa shape index (κ2) is 5.41. The maximum Gasteiger partial charge on any atom is 0.224 e. The number of rotatable bonds is 4. The minimum absolute atomic E-state index is 0.0565. The fraction of sp³-hybridized carbons (Fsp3) is 0.545. The molecule has 0 saturated carbocycles. The number of imidazole rings is 1. The van der Waals surface area contributed by atoms with E-state index in [0.717, 1.165) is 0 Å². The predicted octanol–water partition coefficient (Wildman–Crippen LogP) is -0.978. The average molecular weight is 299 g/mol. The van der Waals surface area contributed by atoms with Crippen molar-refractivity contribution in [1.29, 1.82) is 0 Å². The molecule has 1 saturated heterocycles. The summed E-state index contributed by atoms with van der Waals surface area (Å²) in [5.74, 6) is 0.400. The van der Waals surface area contributed by atoms with Crippen molar-refractivity contribution < 1.29 is 19.8 Å². The molecule has 0 spiro atoms. The van der Waals surface area contributed by atoms with Crippen molar-refractivity contribution in [1.82, 2.24) is 19.5 Å². The topological polar surface area (TPSA) is 141 Å². The van der Waals surface area contributed by atoms with Crippen LogP contribution in [-0.4, -0.2) is 55.7 Å². The van der Waals surface area contributed by atoms with Gasteiger partial charge in [-0.2, -0.15) is 9.97 Å². The Morgan fingerprint density at radius 2 is 2.38 bits per heavy atom. The van der Waals surface area contributed by atoms with Crippen LogP contribution < -0.4 is 11.2 Å². The van der Waals surface area contributed by atoms with Gasteiger partial charge in [0.1, 0.15) is 12.3 Å². The van der Waals surface area contributed by atoms with E-state index in [-0.39, 0.29) is 12.6 Å². The van der Waals surface area contributed by atoms with Crippen molar-refractivity contribution in [3.05, 3.63) is 6.33 Å². The second-order valence-electron chi connectivity index (χ2n) is 4.68. The fourth-order valence-corrected chi connectivity index (χ4v) is 2.36. The summed E-state index contributed by atoms with van der Waals surface area (Å²) in [6, 6.07) is 0. The number of hydrogen-bond acceptors (Lipinski definition) is 9. The third-order valence-corrected chi connectivity index (χ3v) is 3.33. The van der Waals surface area contributed by atoms with Gasteiger partial charge in [0.25, 0.3) is 0 Å². The predicted molar refractivity (Wildman–Crippen MR) is 72.0 cm³/mol. The van der Waals surface area contributed by atoms with Crippen molar-refractivity contribution in [2.24, 2.45) is 0 Å². The molecule has 2 aromatic rings. The molecule has 0 aliphatic carbocycles. The van der Waals surface area contributed by atoms with Gasteiger partial charge in [-0.1, -0.05) is 0 Å². The van der Waals surface area contributed by atoms with Crippen LogP contribution in [-0.2, 0) is 9.57 Å². The minimum Gasteiger partial charge on any atom is -0.394 e. The number of nitrogens with one attached hydrogen (secondary N) is 1. The molecule has 114 valence electrons. The molecule has 5 N–H and O–H groups in total. The van der Waals surface area contributed by atoms with E-state index in [0.29, 0.717) is 23.4 Å². The molecule has 1 aliphatic heterocycles. The van der Waals surface area contributed by atoms with Gasteiger partial charge >= 0.3 is 0 Å². The molecule has 10 heteroatoms. The third-order valence-electron chi connectivity index (χ3n) is 3.33. The monoisotopic (exact) mass is 299 g/mol. The normalized spacial score (nSPS) is 25.6. The van der Waals surface area contributed by atoms with Gasteiger partial charge in [-0.3, -0.25) is 9.40 Å². The van der Waals surface area contributed by atoms with E-state index in [2.05, 4.69) is 20.4 Å². The molecular weight excluding hydrogens is 283 g/mol. The first-order valence-electron chi connectivity index (χ1n) is 6.37. The quantitative estimate of drug-likeness (QED) is 0.414. The summed E-state index contributed by atoms with van der Waals surface area (Å²) in [5, 5.41) is 19.0. The Morgan fingerprint density at radius 1 is 1.57 bits per heavy atom. The molecule has 2 aromatic heterocycles. The van der Waals surface area contributed by atoms with Gasteiger partial charge in [-0.25, -0.2) is 10.5 Å². The van der Waals surface area contributed by atoms with Gasteiger partial charge < -0.3 is 20.7 Å². The summed E-state index contributed by atoms with van der Waals surface area (Å²) in [5.41, 5.74) is 9.19. The summed E-state index contributed by atoms with van der Waals surface area (Å²) in [6.07, 6.45) is 0.00738. The van der Waals surface area contributed by atoms with Crippen molar-refractivity contribution >= 4 is 22.9 Å². The van der Waals surface area contributed by atoms with Crippen molar-refractivity contribution in [3.8, 4) is 0 Å². The maximum absolute atomic E-state index is 9.82. The summed E-state index contributed by atoms with van der Waals surface area (Å²) in [4.78, 5) is 17.2. The lowest BCUT2D eigenvalue weighted by Crippen LogP contribution is -2.24. The fourth-order valence-electron chi connectivity index (χ4n) is 2.36. The zero-order valence-corrected chi connectivity index (χ0v) is 11.3. The Kier molecular flexibility index (Phi) is 3.59. The first-order chi connectivity index (χ1) is 10.1. The van der Waals surface area contributed by atoms with Gasteiger partial charge in [0.05, 0.1) is 26.1 Å². The Morgan fingerprint density at radius 3 is 3.05 bits per heavy atom. The number of nitrogen functional groups attached to an aromatic ring is 1. The number of nitrogens with two attached hydrogens (primary N) is 1. The van der Waals surface area contributed by atoms with E-state index in [9.17, 15) is 5.11 Å². The van der Waals surface area contributed by atoms with E-state index in [1.54, 1.807) is 4.57 Å². The maximum atomic E-state index is 9.82. The molecule has 1 aliphatic rings. The molecule has 0 radical (unpaired) electrons. The molecule has 3 heterocycles. The van der Waals surface area contributed by atoms with E-state index in [1.807, 2.05) is 0 Å². The Hall–Kier alpha value is -2.01. The van der Waals surface area contributed by atoms with Crippen molar-refractivity contribution in [2.75, 3.05) is 24.9 Å². The second-order valence-corrected chi connectivity index (χ2v) is 4.68. The van der Waals surface area contributed by atoms with E-state index < -0.39 is 18.4 Å². The number of aliphatic hydroxyl groups excluding tert-OH is 2. The van der Waals surface area contributed by atoms with Crippen molar-refractivity contribution in [3.63, 3.8) is 0 Å². The summed E-state index contributed by atoms with van der Waals surface area (Å²) < 4.78 is 7.23. The Labute approximate surface area is 119 Å². The molecule has 3 atom stereocenters. The van der Waals surface area contributed by atoms with Gasteiger partial charge in [0.2, 0.25) is 5.95 Å². The largest absolute Gasteiger partial charge is 0.394 e. The van der Waals surface area contributed by atoms with Crippen LogP contribution >= 0.6 is 0 Å². The highest BCUT2D eigenvalue weighted by molar-refractivity contribution is 5.83. The van der Waals surface area contributed by atoms with Crippen LogP contribution in [0.4, 0.5) is 11.8 Å². The SMILES string of the molecule is CONc1[15n]c([15NH2])nc2c1[15n]cn2[C@H]1C[C@H](O)[C@@H](CO)O1. The van der Waals surface area contributed by atoms with E-state index >= 15 is 0 Å². The average Bonchev–Trinajstić information content (AvgIpc) is 3.02. The summed E-state index contributed by atoms with van der Waals surface area (Å²) in [6.45, 7) is -0.252. The smallest absolute Gasteiger partial charge is 0.224 e. The van der Waals surface area contributed by atoms with Crippen LogP contribution in [0, 0.1) is 0 Å². The Balaban J connectivity index is 2.01. The van der Waals surface area contributed by atoms with Gasteiger partial charge in [-0.15, -0.1) is 0 Å². The van der Waals surface area contributed by atoms with Crippen molar-refractivity contribution in [2.45, 2.75) is 24.9 Å². The first kappa shape index (κ1) is 13.9. The number of fused-ring (bicyclic) bond motifs is 1. The number of ether oxygens (including phenoxy) is 1. The third kappa shape index (κ3) is 2.38. The lowest BCUT2D eigenvalue weighted by Gasteiger charge is -2.13. The Bertz CT molecular complexity index is 647. The molecule has 3 rings (SSSR count). The van der Waals surface area contributed by atoms with Crippen LogP contribution in [0.3, 0.4) is 0 Å². The number of anilines is 2. The first-order valence-corrected chi connectivity index (χ1v) is 6.37. The highest BCUT2D eigenvalue weighted by Gasteiger charge is 2.35. The lowest BCUT2D eigenvalue weighted by molar-refractivity contribution is -0.0432. The summed E-state index contributed by atoms with van der Waals surface area (Å²) >= 11 is 0. The standard InChI is InChI=1S/C11H16N6O4/c1-20-16-9-8-10(15-11(12)14-9)17(4-13-8)7-2-5(19)6(3-18)21-7/h4-7,18-19H,2-3H2,1H3,(H3,12,14,15,16)/t5-,6+,7+/m0/s1/i12+1,13+1,14+1. The number of aliphatic hydroxyl groups is 2. The minimum atomic E-state index is -0.742. The van der Waals surface area contributed by atoms with Crippen LogP contribution in [0.1, 0.15) is 12.6 Å². The van der Waals surface area contributed by atoms with Crippen LogP contribution in [0.15, 0.2) is 6.33 Å². The molecule has 0 bridgehead atoms. The van der Waals surface area contributed by atoms with E-state index in [1.165, 1.54) is 13.4 Å². The molecule has 0 aromatic carbocycles. The lowest BCUT2D eigenvalue weighted by atomic mass is 10.2. The van der Waals surface area contributed by atoms with Gasteiger partial charge in [0.15, 0.2) is 17.0 Å². The highest BCUT2D eigenvalue weighted by atomic mass is 16.6. The van der Waals surface area contributed by atoms with Gasteiger partial charge in [0, 0.05) is 6.42 Å². The van der Waals surface area contributed by atoms with Crippen LogP contribution in [0.2, 0.25) is 0 Å². The van der Waals surface area contributed by atoms with Gasteiger partial charge in [-0.05, 0) is 0 Å². The molecule has 1 fully saturated rings.